The van der Waals surface area contributed by atoms with Crippen LogP contribution in [0.2, 0.25) is 0 Å². The first-order valence-corrected chi connectivity index (χ1v) is 21.1. The zero-order valence-electron chi connectivity index (χ0n) is 31.9. The molecule has 1 rings (SSSR count). The molecule has 284 valence electrons. The molecule has 2 N–H and O–H groups in total. The summed E-state index contributed by atoms with van der Waals surface area (Å²) >= 11 is 0. The summed E-state index contributed by atoms with van der Waals surface area (Å²) in [4.78, 5) is 11.8. The number of aliphatic hydroxyl groups excluding tert-OH is 2. The Hall–Kier alpha value is -1.27. The van der Waals surface area contributed by atoms with E-state index in [0.29, 0.717) is 13.2 Å². The van der Waals surface area contributed by atoms with Crippen molar-refractivity contribution >= 4 is 5.97 Å². The molecule has 48 heavy (non-hydrogen) atoms. The van der Waals surface area contributed by atoms with Crippen molar-refractivity contribution in [2.24, 2.45) is 0 Å². The molecule has 6 nitrogen and oxygen atoms in total. The van der Waals surface area contributed by atoms with Crippen molar-refractivity contribution in [2.45, 2.75) is 232 Å². The number of esters is 1. The summed E-state index contributed by atoms with van der Waals surface area (Å²) in [5, 5.41) is 20.0. The predicted molar refractivity (Wildman–Crippen MR) is 202 cm³/mol. The van der Waals surface area contributed by atoms with Crippen LogP contribution in [0.15, 0.2) is 11.5 Å². The van der Waals surface area contributed by atoms with Crippen molar-refractivity contribution in [1.29, 1.82) is 0 Å². The number of carbonyl (C=O) groups is 1. The van der Waals surface area contributed by atoms with Crippen molar-refractivity contribution in [3.63, 3.8) is 0 Å². The van der Waals surface area contributed by atoms with E-state index in [0.717, 1.165) is 25.7 Å². The number of hydrogen-bond acceptors (Lipinski definition) is 6. The largest absolute Gasteiger partial charge is 0.505 e. The average Bonchev–Trinajstić information content (AvgIpc) is 3.34. The van der Waals surface area contributed by atoms with Crippen LogP contribution in [0.5, 0.6) is 0 Å². The first kappa shape index (κ1) is 44.8. The molecule has 0 amide bonds. The Balaban J connectivity index is 2.03. The number of ether oxygens (including phenoxy) is 3. The van der Waals surface area contributed by atoms with E-state index in [1.807, 2.05) is 0 Å². The van der Waals surface area contributed by atoms with Crippen LogP contribution in [-0.4, -0.2) is 48.2 Å². The second-order valence-electron chi connectivity index (χ2n) is 14.7. The van der Waals surface area contributed by atoms with Gasteiger partial charge in [0, 0.05) is 13.2 Å². The Morgan fingerprint density at radius 2 is 0.812 bits per heavy atom. The van der Waals surface area contributed by atoms with Gasteiger partial charge in [0.1, 0.15) is 6.10 Å². The number of cyclic esters (lactones) is 1. The highest BCUT2D eigenvalue weighted by Crippen LogP contribution is 2.24. The van der Waals surface area contributed by atoms with Crippen LogP contribution in [0.3, 0.4) is 0 Å². The van der Waals surface area contributed by atoms with Gasteiger partial charge in [0.2, 0.25) is 5.76 Å². The number of unbranched alkanes of at least 4 members (excludes halogenated alkanes) is 30. The lowest BCUT2D eigenvalue weighted by molar-refractivity contribution is -0.152. The van der Waals surface area contributed by atoms with Crippen LogP contribution in [0.1, 0.15) is 219 Å². The van der Waals surface area contributed by atoms with Crippen molar-refractivity contribution in [2.75, 3.05) is 19.8 Å². The molecule has 0 aromatic heterocycles. The molecular formula is C42H80O6. The second-order valence-corrected chi connectivity index (χ2v) is 14.7. The third-order valence-corrected chi connectivity index (χ3v) is 10.0. The molecular weight excluding hydrogens is 600 g/mol. The van der Waals surface area contributed by atoms with Gasteiger partial charge >= 0.3 is 5.97 Å². The van der Waals surface area contributed by atoms with Crippen LogP contribution in [0, 0.1) is 0 Å². The van der Waals surface area contributed by atoms with Crippen molar-refractivity contribution in [1.82, 2.24) is 0 Å². The zero-order valence-corrected chi connectivity index (χ0v) is 31.9. The minimum atomic E-state index is -0.996. The molecule has 1 heterocycles. The molecule has 0 saturated carbocycles. The summed E-state index contributed by atoms with van der Waals surface area (Å²) < 4.78 is 17.1. The van der Waals surface area contributed by atoms with Crippen molar-refractivity contribution in [3.05, 3.63) is 11.5 Å². The van der Waals surface area contributed by atoms with E-state index in [4.69, 9.17) is 14.2 Å². The van der Waals surface area contributed by atoms with E-state index in [9.17, 15) is 15.0 Å². The van der Waals surface area contributed by atoms with E-state index in [1.165, 1.54) is 180 Å². The third-order valence-electron chi connectivity index (χ3n) is 10.0. The maximum Gasteiger partial charge on any atom is 0.377 e. The first-order chi connectivity index (χ1) is 23.6. The minimum absolute atomic E-state index is 0.229. The standard InChI is InChI=1S/C42H80O6/c1-3-5-7-9-11-13-15-17-19-21-23-25-27-29-31-33-35-46-37-38(41-39(43)40(44)42(45)48-41)47-36-34-32-30-28-26-24-22-20-18-16-14-12-10-8-6-4-2/h38,41,43-44H,3-37H2,1-2H3/t38-,41+/m0/s1. The smallest absolute Gasteiger partial charge is 0.377 e. The van der Waals surface area contributed by atoms with Crippen LogP contribution < -0.4 is 0 Å². The highest BCUT2D eigenvalue weighted by molar-refractivity contribution is 5.89. The lowest BCUT2D eigenvalue weighted by Crippen LogP contribution is -2.36. The molecule has 0 aromatic carbocycles. The van der Waals surface area contributed by atoms with E-state index >= 15 is 0 Å². The maximum atomic E-state index is 11.8. The number of hydrogen-bond donors (Lipinski definition) is 2. The van der Waals surface area contributed by atoms with Gasteiger partial charge in [-0.3, -0.25) is 0 Å². The predicted octanol–water partition coefficient (Wildman–Crippen LogP) is 13.2. The summed E-state index contributed by atoms with van der Waals surface area (Å²) in [5.41, 5.74) is 0. The maximum absolute atomic E-state index is 11.8. The molecule has 6 heteroatoms. The summed E-state index contributed by atoms with van der Waals surface area (Å²) in [5.74, 6) is -2.05. The van der Waals surface area contributed by atoms with E-state index < -0.39 is 29.7 Å². The highest BCUT2D eigenvalue weighted by atomic mass is 16.6. The topological polar surface area (TPSA) is 85.2 Å². The Labute approximate surface area is 297 Å². The number of carbonyl (C=O) groups excluding carboxylic acids is 1. The fourth-order valence-corrected chi connectivity index (χ4v) is 6.78. The SMILES string of the molecule is CCCCCCCCCCCCCCCCCCOC[C@H](OCCCCCCCCCCCCCCCCCC)[C@H]1OC(=O)C(O)=C1O. The van der Waals surface area contributed by atoms with Crippen LogP contribution >= 0.6 is 0 Å². The average molecular weight is 681 g/mol. The molecule has 0 saturated heterocycles. The molecule has 0 aliphatic carbocycles. The summed E-state index contributed by atoms with van der Waals surface area (Å²) in [6.45, 7) is 5.93. The van der Waals surface area contributed by atoms with Gasteiger partial charge in [-0.15, -0.1) is 0 Å². The van der Waals surface area contributed by atoms with Crippen molar-refractivity contribution < 1.29 is 29.2 Å². The molecule has 0 spiro atoms. The van der Waals surface area contributed by atoms with E-state index in [-0.39, 0.29) is 6.61 Å². The van der Waals surface area contributed by atoms with Gasteiger partial charge in [-0.05, 0) is 12.8 Å². The molecule has 1 aliphatic heterocycles. The lowest BCUT2D eigenvalue weighted by atomic mass is 10.0. The summed E-state index contributed by atoms with van der Waals surface area (Å²) in [7, 11) is 0. The normalized spacial score (nSPS) is 15.5. The summed E-state index contributed by atoms with van der Waals surface area (Å²) in [6.07, 6.45) is 40.8. The van der Waals surface area contributed by atoms with Gasteiger partial charge < -0.3 is 24.4 Å². The van der Waals surface area contributed by atoms with Gasteiger partial charge in [-0.2, -0.15) is 0 Å². The van der Waals surface area contributed by atoms with Crippen LogP contribution in [0.25, 0.3) is 0 Å². The van der Waals surface area contributed by atoms with Crippen LogP contribution in [-0.2, 0) is 19.0 Å². The van der Waals surface area contributed by atoms with Gasteiger partial charge in [0.15, 0.2) is 11.9 Å². The quantitative estimate of drug-likeness (QED) is 0.0499. The molecule has 0 radical (unpaired) electrons. The fourth-order valence-electron chi connectivity index (χ4n) is 6.78. The van der Waals surface area contributed by atoms with E-state index in [1.54, 1.807) is 0 Å². The Bertz CT molecular complexity index is 738. The lowest BCUT2D eigenvalue weighted by Gasteiger charge is -2.23. The van der Waals surface area contributed by atoms with Crippen LogP contribution in [0.4, 0.5) is 0 Å². The van der Waals surface area contributed by atoms with Gasteiger partial charge in [-0.25, -0.2) is 4.79 Å². The molecule has 2 atom stereocenters. The first-order valence-electron chi connectivity index (χ1n) is 21.1. The summed E-state index contributed by atoms with van der Waals surface area (Å²) in [6, 6.07) is 0. The minimum Gasteiger partial charge on any atom is -0.505 e. The molecule has 0 unspecified atom stereocenters. The second kappa shape index (κ2) is 34.2. The van der Waals surface area contributed by atoms with Gasteiger partial charge in [-0.1, -0.05) is 206 Å². The molecule has 1 aliphatic rings. The molecule has 0 bridgehead atoms. The molecule has 0 fully saturated rings. The Kier molecular flexibility index (Phi) is 31.9. The van der Waals surface area contributed by atoms with E-state index in [2.05, 4.69) is 13.8 Å². The Morgan fingerprint density at radius 1 is 0.500 bits per heavy atom. The zero-order chi connectivity index (χ0) is 34.8. The van der Waals surface area contributed by atoms with Gasteiger partial charge in [0.05, 0.1) is 6.61 Å². The van der Waals surface area contributed by atoms with Gasteiger partial charge in [0.25, 0.3) is 0 Å². The monoisotopic (exact) mass is 681 g/mol. The Morgan fingerprint density at radius 3 is 1.12 bits per heavy atom. The number of rotatable bonds is 38. The fraction of sp³-hybridized carbons (Fsp3) is 0.929. The molecule has 0 aromatic rings. The number of aliphatic hydroxyl groups is 2. The van der Waals surface area contributed by atoms with Crippen molar-refractivity contribution in [3.8, 4) is 0 Å². The highest BCUT2D eigenvalue weighted by Gasteiger charge is 2.40. The third kappa shape index (κ3) is 25.7.